The number of carbonyl (C=O) groups excluding carboxylic acids is 1. The molecular weight excluding hydrogens is 302 g/mol. The topological polar surface area (TPSA) is 83.6 Å². The summed E-state index contributed by atoms with van der Waals surface area (Å²) in [6.45, 7) is 4.08. The lowest BCUT2D eigenvalue weighted by atomic mass is 9.93. The van der Waals surface area contributed by atoms with Gasteiger partial charge in [0.1, 0.15) is 11.9 Å². The molecule has 3 rings (SSSR count). The van der Waals surface area contributed by atoms with Crippen molar-refractivity contribution < 1.29 is 4.79 Å². The van der Waals surface area contributed by atoms with Crippen LogP contribution in [0.25, 0.3) is 0 Å². The van der Waals surface area contributed by atoms with Crippen LogP contribution in [0.15, 0.2) is 24.5 Å². The normalized spacial score (nSPS) is 14.2. The van der Waals surface area contributed by atoms with Crippen molar-refractivity contribution in [2.45, 2.75) is 51.5 Å². The summed E-state index contributed by atoms with van der Waals surface area (Å²) < 4.78 is 1.95. The Hall–Kier alpha value is -2.68. The van der Waals surface area contributed by atoms with Gasteiger partial charge in [-0.2, -0.15) is 10.4 Å². The van der Waals surface area contributed by atoms with E-state index in [1.54, 1.807) is 18.5 Å². The summed E-state index contributed by atoms with van der Waals surface area (Å²) in [6.07, 6.45) is 7.13. The second-order valence-corrected chi connectivity index (χ2v) is 6.51. The molecule has 0 atom stereocenters. The molecule has 6 heteroatoms. The van der Waals surface area contributed by atoms with Gasteiger partial charge in [-0.05, 0) is 42.9 Å². The van der Waals surface area contributed by atoms with Gasteiger partial charge >= 0.3 is 0 Å². The van der Waals surface area contributed by atoms with Gasteiger partial charge in [-0.25, -0.2) is 4.98 Å². The zero-order chi connectivity index (χ0) is 17.1. The Morgan fingerprint density at radius 2 is 2.29 bits per heavy atom. The number of rotatable bonds is 5. The first-order chi connectivity index (χ1) is 11.6. The van der Waals surface area contributed by atoms with E-state index in [-0.39, 0.29) is 18.2 Å². The number of hydrogen-bond donors (Lipinski definition) is 1. The van der Waals surface area contributed by atoms with Crippen LogP contribution < -0.4 is 5.32 Å². The number of aromatic nitrogens is 3. The Kier molecular flexibility index (Phi) is 4.61. The Morgan fingerprint density at radius 1 is 1.50 bits per heavy atom. The second kappa shape index (κ2) is 6.83. The van der Waals surface area contributed by atoms with Crippen LogP contribution in [0.4, 0.5) is 5.82 Å². The molecule has 1 aliphatic carbocycles. The summed E-state index contributed by atoms with van der Waals surface area (Å²) >= 11 is 0. The van der Waals surface area contributed by atoms with Crippen LogP contribution in [0, 0.1) is 11.3 Å². The molecular formula is C18H21N5O. The SMILES string of the molecule is CC(C)c1cnc(NC(=O)Cc2ccnn2C2CCC2)c(C#N)c1. The highest BCUT2D eigenvalue weighted by Gasteiger charge is 2.23. The third kappa shape index (κ3) is 3.30. The quantitative estimate of drug-likeness (QED) is 0.916. The maximum atomic E-state index is 12.3. The molecule has 1 amide bonds. The fourth-order valence-corrected chi connectivity index (χ4v) is 2.76. The lowest BCUT2D eigenvalue weighted by Crippen LogP contribution is -2.23. The van der Waals surface area contributed by atoms with Gasteiger partial charge in [0.15, 0.2) is 0 Å². The van der Waals surface area contributed by atoms with Gasteiger partial charge in [0.25, 0.3) is 0 Å². The van der Waals surface area contributed by atoms with E-state index in [9.17, 15) is 10.1 Å². The van der Waals surface area contributed by atoms with Crippen molar-refractivity contribution in [3.63, 3.8) is 0 Å². The number of nitriles is 1. The van der Waals surface area contributed by atoms with Crippen molar-refractivity contribution in [3.05, 3.63) is 41.3 Å². The van der Waals surface area contributed by atoms with Crippen LogP contribution in [0.1, 0.15) is 61.9 Å². The van der Waals surface area contributed by atoms with Crippen LogP contribution in [0.3, 0.4) is 0 Å². The van der Waals surface area contributed by atoms with Crippen molar-refractivity contribution in [2.75, 3.05) is 5.32 Å². The van der Waals surface area contributed by atoms with Crippen molar-refractivity contribution in [3.8, 4) is 6.07 Å². The Bertz CT molecular complexity index is 783. The van der Waals surface area contributed by atoms with E-state index in [0.717, 1.165) is 24.1 Å². The third-order valence-electron chi connectivity index (χ3n) is 4.47. The number of amides is 1. The zero-order valence-electron chi connectivity index (χ0n) is 14.0. The smallest absolute Gasteiger partial charge is 0.231 e. The van der Waals surface area contributed by atoms with Gasteiger partial charge in [-0.3, -0.25) is 9.48 Å². The van der Waals surface area contributed by atoms with E-state index in [1.165, 1.54) is 6.42 Å². The minimum Gasteiger partial charge on any atom is -0.309 e. The molecule has 0 aromatic carbocycles. The van der Waals surface area contributed by atoms with Crippen LogP contribution >= 0.6 is 0 Å². The molecule has 0 bridgehead atoms. The van der Waals surface area contributed by atoms with Gasteiger partial charge in [0, 0.05) is 18.1 Å². The monoisotopic (exact) mass is 323 g/mol. The van der Waals surface area contributed by atoms with Crippen molar-refractivity contribution in [2.24, 2.45) is 0 Å². The molecule has 1 saturated carbocycles. The van der Waals surface area contributed by atoms with Gasteiger partial charge in [0.05, 0.1) is 18.0 Å². The number of nitrogens with one attached hydrogen (secondary N) is 1. The first kappa shape index (κ1) is 16.2. The van der Waals surface area contributed by atoms with E-state index in [2.05, 4.69) is 21.5 Å². The standard InChI is InChI=1S/C18H21N5O/c1-12(2)14-8-13(10-19)18(20-11-14)22-17(24)9-16-6-7-21-23(16)15-4-3-5-15/h6-8,11-12,15H,3-5,9H2,1-2H3,(H,20,22,24). The predicted molar refractivity (Wildman–Crippen MR) is 90.5 cm³/mol. The minimum atomic E-state index is -0.183. The molecule has 6 nitrogen and oxygen atoms in total. The molecule has 0 unspecified atom stereocenters. The second-order valence-electron chi connectivity index (χ2n) is 6.51. The fourth-order valence-electron chi connectivity index (χ4n) is 2.76. The lowest BCUT2D eigenvalue weighted by molar-refractivity contribution is -0.115. The van der Waals surface area contributed by atoms with Gasteiger partial charge < -0.3 is 5.32 Å². The van der Waals surface area contributed by atoms with Crippen molar-refractivity contribution >= 4 is 11.7 Å². The molecule has 24 heavy (non-hydrogen) atoms. The highest BCUT2D eigenvalue weighted by molar-refractivity contribution is 5.92. The highest BCUT2D eigenvalue weighted by Crippen LogP contribution is 2.31. The van der Waals surface area contributed by atoms with Crippen molar-refractivity contribution in [1.82, 2.24) is 14.8 Å². The molecule has 1 N–H and O–H groups in total. The third-order valence-corrected chi connectivity index (χ3v) is 4.47. The van der Waals surface area contributed by atoms with Crippen LogP contribution in [0.5, 0.6) is 0 Å². The summed E-state index contributed by atoms with van der Waals surface area (Å²) in [5.41, 5.74) is 2.27. The van der Waals surface area contributed by atoms with E-state index in [1.807, 2.05) is 24.6 Å². The summed E-state index contributed by atoms with van der Waals surface area (Å²) in [4.78, 5) is 16.6. The molecule has 2 heterocycles. The molecule has 124 valence electrons. The average Bonchev–Trinajstić information content (AvgIpc) is 2.93. The molecule has 1 aliphatic rings. The Labute approximate surface area is 141 Å². The number of pyridine rings is 1. The molecule has 0 aliphatic heterocycles. The zero-order valence-corrected chi connectivity index (χ0v) is 14.0. The summed E-state index contributed by atoms with van der Waals surface area (Å²) in [5, 5.41) is 16.4. The van der Waals surface area contributed by atoms with Gasteiger partial charge in [0.2, 0.25) is 5.91 Å². The lowest BCUT2D eigenvalue weighted by Gasteiger charge is -2.27. The summed E-state index contributed by atoms with van der Waals surface area (Å²) in [7, 11) is 0. The van der Waals surface area contributed by atoms with E-state index >= 15 is 0 Å². The first-order valence-corrected chi connectivity index (χ1v) is 8.30. The van der Waals surface area contributed by atoms with Crippen LogP contribution in [-0.4, -0.2) is 20.7 Å². The predicted octanol–water partition coefficient (Wildman–Crippen LogP) is 3.18. The molecule has 0 radical (unpaired) electrons. The Morgan fingerprint density at radius 3 is 2.92 bits per heavy atom. The van der Waals surface area contributed by atoms with E-state index < -0.39 is 0 Å². The van der Waals surface area contributed by atoms with Gasteiger partial charge in [-0.15, -0.1) is 0 Å². The number of nitrogens with zero attached hydrogens (tertiary/aromatic N) is 4. The van der Waals surface area contributed by atoms with E-state index in [0.29, 0.717) is 17.4 Å². The molecule has 0 spiro atoms. The number of carbonyl (C=O) groups is 1. The highest BCUT2D eigenvalue weighted by atomic mass is 16.1. The fraction of sp³-hybridized carbons (Fsp3) is 0.444. The minimum absolute atomic E-state index is 0.183. The first-order valence-electron chi connectivity index (χ1n) is 8.30. The maximum absolute atomic E-state index is 12.3. The van der Waals surface area contributed by atoms with Crippen molar-refractivity contribution in [1.29, 1.82) is 5.26 Å². The Balaban J connectivity index is 1.71. The van der Waals surface area contributed by atoms with Crippen LogP contribution in [0.2, 0.25) is 0 Å². The molecule has 1 fully saturated rings. The number of hydrogen-bond acceptors (Lipinski definition) is 4. The molecule has 0 saturated heterocycles. The summed E-state index contributed by atoms with van der Waals surface area (Å²) in [6, 6.07) is 6.18. The molecule has 2 aromatic rings. The van der Waals surface area contributed by atoms with E-state index in [4.69, 9.17) is 0 Å². The maximum Gasteiger partial charge on any atom is 0.231 e. The summed E-state index contributed by atoms with van der Waals surface area (Å²) in [5.74, 6) is 0.421. The number of anilines is 1. The van der Waals surface area contributed by atoms with Crippen LogP contribution in [-0.2, 0) is 11.2 Å². The largest absolute Gasteiger partial charge is 0.309 e. The molecule has 2 aromatic heterocycles. The average molecular weight is 323 g/mol. The van der Waals surface area contributed by atoms with Gasteiger partial charge in [-0.1, -0.05) is 13.8 Å².